The number of unbranched alkanes of at least 4 members (excludes halogenated alkanes) is 5. The van der Waals surface area contributed by atoms with E-state index in [-0.39, 0.29) is 34.6 Å². The lowest BCUT2D eigenvalue weighted by Crippen LogP contribution is -2.33. The lowest BCUT2D eigenvalue weighted by atomic mass is 9.92. The molecule has 1 unspecified atom stereocenters. The number of carbonyl (C=O) groups excluding carboxylic acids is 2. The highest BCUT2D eigenvalue weighted by Gasteiger charge is 2.31. The van der Waals surface area contributed by atoms with Gasteiger partial charge in [-0.15, -0.1) is 0 Å². The van der Waals surface area contributed by atoms with Crippen LogP contribution in [0, 0.1) is 18.6 Å². The fraction of sp³-hybridized carbons (Fsp3) is 0.351. The Morgan fingerprint density at radius 3 is 2.21 bits per heavy atom. The Labute approximate surface area is 285 Å². The van der Waals surface area contributed by atoms with E-state index in [2.05, 4.69) is 5.32 Å². The zero-order chi connectivity index (χ0) is 35.0. The third kappa shape index (κ3) is 9.39. The highest BCUT2D eigenvalue weighted by molar-refractivity contribution is 7.90. The van der Waals surface area contributed by atoms with Crippen LogP contribution in [-0.2, 0) is 23.3 Å². The Morgan fingerprint density at radius 1 is 0.917 bits per heavy atom. The Hall–Kier alpha value is -3.86. The fourth-order valence-corrected chi connectivity index (χ4v) is 6.96. The summed E-state index contributed by atoms with van der Waals surface area (Å²) in [7, 11) is -2.06. The van der Waals surface area contributed by atoms with Crippen LogP contribution in [0.15, 0.2) is 66.9 Å². The van der Waals surface area contributed by atoms with Crippen LogP contribution >= 0.6 is 11.6 Å². The topological polar surface area (TPSA) is 105 Å². The molecular formula is C37H41ClF2N2O5S. The molecular weight excluding hydrogens is 658 g/mol. The van der Waals surface area contributed by atoms with Crippen molar-refractivity contribution in [2.75, 3.05) is 18.6 Å². The second-order valence-electron chi connectivity index (χ2n) is 12.2. The summed E-state index contributed by atoms with van der Waals surface area (Å²) in [5, 5.41) is 12.0. The Bertz CT molecular complexity index is 1870. The molecule has 0 radical (unpaired) electrons. The molecule has 0 fully saturated rings. The number of nitrogens with one attached hydrogen (secondary N) is 1. The molecule has 256 valence electrons. The number of carbonyl (C=O) groups is 2. The number of nitrogens with zero attached hydrogens (tertiary/aromatic N) is 1. The molecule has 11 heteroatoms. The van der Waals surface area contributed by atoms with E-state index in [0.717, 1.165) is 68.9 Å². The number of aliphatic hydroxyl groups excluding tert-OH is 1. The quantitative estimate of drug-likeness (QED) is 0.0929. The van der Waals surface area contributed by atoms with Crippen LogP contribution in [0.25, 0.3) is 11.1 Å². The van der Waals surface area contributed by atoms with Gasteiger partial charge in [-0.25, -0.2) is 17.2 Å². The van der Waals surface area contributed by atoms with Crippen LogP contribution in [0.1, 0.15) is 87.7 Å². The Balaban J connectivity index is 1.70. The first-order chi connectivity index (χ1) is 22.8. The summed E-state index contributed by atoms with van der Waals surface area (Å²) in [5.41, 5.74) is 1.24. The normalized spacial score (nSPS) is 12.2. The average molecular weight is 699 g/mol. The highest BCUT2D eigenvalue weighted by Crippen LogP contribution is 2.36. The van der Waals surface area contributed by atoms with E-state index in [1.165, 1.54) is 23.8 Å². The number of ketones is 1. The first-order valence-corrected chi connectivity index (χ1v) is 18.4. The number of aryl methyl sites for hydroxylation is 2. The van der Waals surface area contributed by atoms with Gasteiger partial charge in [0.25, 0.3) is 5.91 Å². The largest absolute Gasteiger partial charge is 0.396 e. The van der Waals surface area contributed by atoms with Crippen molar-refractivity contribution in [2.45, 2.75) is 57.9 Å². The fourth-order valence-electron chi connectivity index (χ4n) is 5.88. The summed E-state index contributed by atoms with van der Waals surface area (Å²) in [4.78, 5) is 28.1. The molecule has 4 rings (SSSR count). The number of benzene rings is 3. The van der Waals surface area contributed by atoms with Crippen LogP contribution < -0.4 is 5.32 Å². The minimum atomic E-state index is -3.60. The molecule has 1 aromatic heterocycles. The number of halogens is 3. The molecule has 4 aromatic rings. The number of aliphatic hydroxyl groups is 1. The number of aromatic nitrogens is 1. The van der Waals surface area contributed by atoms with Crippen LogP contribution in [-0.4, -0.2) is 48.4 Å². The SMILES string of the molecule is Cc1c(F)ccc(F)c1-c1c(C(=O)NC(CS(C)(=O)=O)c2cccc(Cl)c2)cn(C)c1C(=O)c1ccc(CCCCCCCCO)cc1. The molecule has 0 saturated carbocycles. The molecule has 1 heterocycles. The van der Waals surface area contributed by atoms with Gasteiger partial charge in [-0.1, -0.05) is 73.7 Å². The molecule has 0 saturated heterocycles. The van der Waals surface area contributed by atoms with Crippen LogP contribution in [0.2, 0.25) is 5.02 Å². The van der Waals surface area contributed by atoms with Crippen molar-refractivity contribution in [3.63, 3.8) is 0 Å². The lowest BCUT2D eigenvalue weighted by molar-refractivity contribution is 0.0940. The van der Waals surface area contributed by atoms with Gasteiger partial charge in [-0.2, -0.15) is 0 Å². The summed E-state index contributed by atoms with van der Waals surface area (Å²) in [5.74, 6) is -3.25. The van der Waals surface area contributed by atoms with Gasteiger partial charge in [-0.3, -0.25) is 9.59 Å². The average Bonchev–Trinajstić information content (AvgIpc) is 3.38. The second-order valence-corrected chi connectivity index (χ2v) is 14.8. The van der Waals surface area contributed by atoms with E-state index in [9.17, 15) is 22.4 Å². The van der Waals surface area contributed by atoms with Gasteiger partial charge < -0.3 is 15.0 Å². The number of hydrogen-bond acceptors (Lipinski definition) is 5. The van der Waals surface area contributed by atoms with Crippen molar-refractivity contribution in [3.8, 4) is 11.1 Å². The Kier molecular flexibility index (Phi) is 12.7. The molecule has 48 heavy (non-hydrogen) atoms. The third-order valence-electron chi connectivity index (χ3n) is 8.35. The van der Waals surface area contributed by atoms with Gasteiger partial charge in [0.15, 0.2) is 0 Å². The van der Waals surface area contributed by atoms with Gasteiger partial charge in [0.05, 0.1) is 23.1 Å². The summed E-state index contributed by atoms with van der Waals surface area (Å²) in [6.45, 7) is 1.59. The van der Waals surface area contributed by atoms with Crippen molar-refractivity contribution in [1.82, 2.24) is 9.88 Å². The minimum Gasteiger partial charge on any atom is -0.396 e. The molecule has 3 aromatic carbocycles. The summed E-state index contributed by atoms with van der Waals surface area (Å²) in [6, 6.07) is 14.4. The summed E-state index contributed by atoms with van der Waals surface area (Å²) >= 11 is 6.16. The van der Waals surface area contributed by atoms with Gasteiger partial charge in [0, 0.05) is 47.8 Å². The van der Waals surface area contributed by atoms with Gasteiger partial charge >= 0.3 is 0 Å². The monoisotopic (exact) mass is 698 g/mol. The summed E-state index contributed by atoms with van der Waals surface area (Å²) in [6.07, 6.45) is 9.30. The molecule has 1 amide bonds. The highest BCUT2D eigenvalue weighted by atomic mass is 35.5. The van der Waals surface area contributed by atoms with Crippen molar-refractivity contribution in [2.24, 2.45) is 7.05 Å². The molecule has 2 N–H and O–H groups in total. The van der Waals surface area contributed by atoms with Gasteiger partial charge in [0.1, 0.15) is 21.5 Å². The van der Waals surface area contributed by atoms with Crippen LogP contribution in [0.5, 0.6) is 0 Å². The standard InChI is InChI=1S/C37H41ClF2N2O5S/c1-24-30(39)18-19-31(40)33(24)34-29(37(45)41-32(23-48(3,46)47)27-12-10-13-28(38)21-27)22-42(2)35(34)36(44)26-16-14-25(15-17-26)11-8-6-4-5-7-9-20-43/h10,12-19,21-22,32,43H,4-9,11,20,23H2,1-3H3,(H,41,45). The number of sulfone groups is 1. The van der Waals surface area contributed by atoms with Crippen LogP contribution in [0.3, 0.4) is 0 Å². The number of hydrogen-bond donors (Lipinski definition) is 2. The maximum atomic E-state index is 15.6. The van der Waals surface area contributed by atoms with Crippen molar-refractivity contribution < 1.29 is 31.9 Å². The predicted octanol–water partition coefficient (Wildman–Crippen LogP) is 7.55. The second kappa shape index (κ2) is 16.5. The van der Waals surface area contributed by atoms with E-state index in [0.29, 0.717) is 16.1 Å². The zero-order valence-corrected chi connectivity index (χ0v) is 28.9. The van der Waals surface area contributed by atoms with Crippen molar-refractivity contribution in [3.05, 3.63) is 117 Å². The predicted molar refractivity (Wildman–Crippen MR) is 185 cm³/mol. The molecule has 0 aliphatic rings. The lowest BCUT2D eigenvalue weighted by Gasteiger charge is -2.19. The van der Waals surface area contributed by atoms with E-state index in [4.69, 9.17) is 16.7 Å². The van der Waals surface area contributed by atoms with E-state index >= 15 is 4.39 Å². The first kappa shape index (κ1) is 37.0. The Morgan fingerprint density at radius 2 is 1.56 bits per heavy atom. The van der Waals surface area contributed by atoms with Gasteiger partial charge in [0.2, 0.25) is 5.78 Å². The van der Waals surface area contributed by atoms with Crippen molar-refractivity contribution >= 4 is 33.1 Å². The third-order valence-corrected chi connectivity index (χ3v) is 9.53. The van der Waals surface area contributed by atoms with E-state index in [1.54, 1.807) is 37.4 Å². The van der Waals surface area contributed by atoms with E-state index < -0.39 is 45.0 Å². The molecule has 0 spiro atoms. The van der Waals surface area contributed by atoms with E-state index in [1.807, 2.05) is 12.1 Å². The summed E-state index contributed by atoms with van der Waals surface area (Å²) < 4.78 is 56.6. The maximum absolute atomic E-state index is 15.6. The maximum Gasteiger partial charge on any atom is 0.253 e. The van der Waals surface area contributed by atoms with Crippen LogP contribution in [0.4, 0.5) is 8.78 Å². The minimum absolute atomic E-state index is 0.0224. The number of amides is 1. The van der Waals surface area contributed by atoms with Gasteiger partial charge in [-0.05, 0) is 67.1 Å². The molecule has 7 nitrogen and oxygen atoms in total. The zero-order valence-electron chi connectivity index (χ0n) is 27.4. The first-order valence-electron chi connectivity index (χ1n) is 15.9. The molecule has 0 bridgehead atoms. The van der Waals surface area contributed by atoms with Crippen molar-refractivity contribution in [1.29, 1.82) is 0 Å². The molecule has 0 aliphatic heterocycles. The smallest absolute Gasteiger partial charge is 0.253 e. The molecule has 1 atom stereocenters. The molecule has 0 aliphatic carbocycles. The number of rotatable bonds is 16.